The van der Waals surface area contributed by atoms with Crippen LogP contribution in [0.5, 0.6) is 0 Å². The van der Waals surface area contributed by atoms with Crippen molar-refractivity contribution in [2.24, 2.45) is 11.7 Å². The van der Waals surface area contributed by atoms with Crippen molar-refractivity contribution in [2.45, 2.75) is 13.1 Å². The summed E-state index contributed by atoms with van der Waals surface area (Å²) < 4.78 is 27.0. The molecule has 2 aromatic heterocycles. The summed E-state index contributed by atoms with van der Waals surface area (Å²) in [6.45, 7) is -0.656. The van der Waals surface area contributed by atoms with Crippen molar-refractivity contribution < 1.29 is 13.2 Å². The van der Waals surface area contributed by atoms with Gasteiger partial charge in [-0.2, -0.15) is 0 Å². The lowest BCUT2D eigenvalue weighted by Crippen LogP contribution is -2.46. The molecule has 0 bridgehead atoms. The van der Waals surface area contributed by atoms with Gasteiger partial charge < -0.3 is 5.73 Å². The molecular formula is C23H19Cl2N5O5S. The molecule has 13 heteroatoms. The van der Waals surface area contributed by atoms with Gasteiger partial charge in [0.25, 0.3) is 5.56 Å². The number of amides is 1. The van der Waals surface area contributed by atoms with Gasteiger partial charge in [-0.1, -0.05) is 35.3 Å². The van der Waals surface area contributed by atoms with Crippen molar-refractivity contribution in [3.8, 4) is 17.1 Å². The number of sulfone groups is 1. The lowest BCUT2D eigenvalue weighted by molar-refractivity contribution is -0.118. The highest BCUT2D eigenvalue weighted by atomic mass is 35.5. The third-order valence-corrected chi connectivity index (χ3v) is 8.50. The van der Waals surface area contributed by atoms with Gasteiger partial charge in [0.05, 0.1) is 16.5 Å². The quantitative estimate of drug-likeness (QED) is 0.390. The average Bonchev–Trinajstić information content (AvgIpc) is 3.19. The van der Waals surface area contributed by atoms with Gasteiger partial charge in [0.15, 0.2) is 21.0 Å². The molecule has 4 aromatic rings. The standard InChI is InChI=1S/C23H19Cl2N5O5S/c24-14-5-7-15(8-6-14)30-19-21(27-20(30)16-3-1-2-4-17(16)25)28(9-13-11-36(34,35)12-13)23(33)29(22(19)32)10-18(26)31/h1-8,13H,9-12H2,(H2,26,31). The van der Waals surface area contributed by atoms with Crippen molar-refractivity contribution in [2.75, 3.05) is 11.5 Å². The summed E-state index contributed by atoms with van der Waals surface area (Å²) in [6.07, 6.45) is 0. The van der Waals surface area contributed by atoms with Crippen molar-refractivity contribution in [3.05, 3.63) is 79.4 Å². The van der Waals surface area contributed by atoms with Crippen LogP contribution in [0, 0.1) is 5.92 Å². The Morgan fingerprint density at radius 2 is 1.69 bits per heavy atom. The fourth-order valence-corrected chi connectivity index (χ4v) is 6.29. The van der Waals surface area contributed by atoms with Crippen LogP contribution in [-0.2, 0) is 27.7 Å². The van der Waals surface area contributed by atoms with E-state index in [0.29, 0.717) is 21.3 Å². The van der Waals surface area contributed by atoms with E-state index in [0.717, 1.165) is 4.57 Å². The van der Waals surface area contributed by atoms with Crippen molar-refractivity contribution in [1.29, 1.82) is 0 Å². The molecule has 10 nitrogen and oxygen atoms in total. The van der Waals surface area contributed by atoms with Gasteiger partial charge in [0, 0.05) is 28.7 Å². The van der Waals surface area contributed by atoms with Crippen LogP contribution in [0.2, 0.25) is 10.0 Å². The number of halogens is 2. The number of hydrogen-bond acceptors (Lipinski definition) is 6. The topological polar surface area (TPSA) is 139 Å². The predicted molar refractivity (Wildman–Crippen MR) is 136 cm³/mol. The van der Waals surface area contributed by atoms with E-state index < -0.39 is 33.5 Å². The number of primary amides is 1. The van der Waals surface area contributed by atoms with Gasteiger partial charge in [-0.25, -0.2) is 22.8 Å². The lowest BCUT2D eigenvalue weighted by Gasteiger charge is -2.26. The van der Waals surface area contributed by atoms with Crippen LogP contribution >= 0.6 is 23.2 Å². The first kappa shape index (κ1) is 24.3. The van der Waals surface area contributed by atoms with E-state index >= 15 is 0 Å². The SMILES string of the molecule is NC(=O)Cn1c(=O)c2c(nc(-c3ccccc3Cl)n2-c2ccc(Cl)cc2)n(CC2CS(=O)(=O)C2)c1=O. The summed E-state index contributed by atoms with van der Waals surface area (Å²) >= 11 is 12.6. The summed E-state index contributed by atoms with van der Waals surface area (Å²) in [4.78, 5) is 43.4. The maximum Gasteiger partial charge on any atom is 0.333 e. The normalized spacial score (nSPS) is 15.2. The molecule has 0 unspecified atom stereocenters. The molecule has 3 heterocycles. The molecule has 1 saturated heterocycles. The third kappa shape index (κ3) is 4.23. The Morgan fingerprint density at radius 1 is 1.03 bits per heavy atom. The maximum atomic E-state index is 13.6. The van der Waals surface area contributed by atoms with Gasteiger partial charge in [0.2, 0.25) is 5.91 Å². The molecule has 1 aliphatic heterocycles. The first-order valence-electron chi connectivity index (χ1n) is 10.8. The van der Waals surface area contributed by atoms with Crippen LogP contribution in [0.3, 0.4) is 0 Å². The summed E-state index contributed by atoms with van der Waals surface area (Å²) in [7, 11) is -3.17. The lowest BCUT2D eigenvalue weighted by atomic mass is 10.2. The molecule has 0 saturated carbocycles. The minimum absolute atomic E-state index is 0.00675. The van der Waals surface area contributed by atoms with Gasteiger partial charge >= 0.3 is 5.69 Å². The number of rotatable bonds is 6. The smallest absolute Gasteiger partial charge is 0.333 e. The Morgan fingerprint density at radius 3 is 2.31 bits per heavy atom. The Bertz CT molecular complexity index is 1740. The highest BCUT2D eigenvalue weighted by Gasteiger charge is 2.35. The number of nitrogens with zero attached hydrogens (tertiary/aromatic N) is 4. The molecule has 0 atom stereocenters. The van der Waals surface area contributed by atoms with Crippen LogP contribution in [0.25, 0.3) is 28.2 Å². The number of nitrogens with two attached hydrogens (primary N) is 1. The summed E-state index contributed by atoms with van der Waals surface area (Å²) in [6, 6.07) is 13.5. The fourth-order valence-electron chi connectivity index (χ4n) is 4.40. The van der Waals surface area contributed by atoms with E-state index in [1.54, 1.807) is 53.1 Å². The van der Waals surface area contributed by atoms with E-state index in [9.17, 15) is 22.8 Å². The first-order chi connectivity index (χ1) is 17.1. The highest BCUT2D eigenvalue weighted by Crippen LogP contribution is 2.32. The van der Waals surface area contributed by atoms with Crippen LogP contribution < -0.4 is 17.0 Å². The largest absolute Gasteiger partial charge is 0.368 e. The third-order valence-electron chi connectivity index (χ3n) is 5.96. The second-order valence-electron chi connectivity index (χ2n) is 8.59. The van der Waals surface area contributed by atoms with Crippen molar-refractivity contribution in [1.82, 2.24) is 18.7 Å². The molecule has 1 amide bonds. The monoisotopic (exact) mass is 547 g/mol. The predicted octanol–water partition coefficient (Wildman–Crippen LogP) is 1.85. The van der Waals surface area contributed by atoms with Crippen molar-refractivity contribution in [3.63, 3.8) is 0 Å². The van der Waals surface area contributed by atoms with E-state index in [2.05, 4.69) is 4.98 Å². The molecule has 0 radical (unpaired) electrons. The zero-order chi connectivity index (χ0) is 25.8. The van der Waals surface area contributed by atoms with Gasteiger partial charge in [-0.05, 0) is 36.4 Å². The molecule has 2 N–H and O–H groups in total. The number of carbonyl (C=O) groups is 1. The van der Waals surface area contributed by atoms with Crippen LogP contribution in [0.4, 0.5) is 0 Å². The minimum Gasteiger partial charge on any atom is -0.368 e. The Kier molecular flexibility index (Phi) is 6.01. The van der Waals surface area contributed by atoms with E-state index in [1.165, 1.54) is 4.57 Å². The average molecular weight is 548 g/mol. The molecule has 1 aliphatic rings. The second-order valence-corrected chi connectivity index (χ2v) is 11.6. The number of imidazole rings is 1. The Balaban J connectivity index is 1.88. The maximum absolute atomic E-state index is 13.6. The molecule has 36 heavy (non-hydrogen) atoms. The molecule has 2 aromatic carbocycles. The highest BCUT2D eigenvalue weighted by molar-refractivity contribution is 7.92. The zero-order valence-electron chi connectivity index (χ0n) is 18.6. The van der Waals surface area contributed by atoms with Crippen LogP contribution in [0.1, 0.15) is 0 Å². The van der Waals surface area contributed by atoms with E-state index in [-0.39, 0.29) is 41.0 Å². The molecule has 0 aliphatic carbocycles. The number of carbonyl (C=O) groups excluding carboxylic acids is 1. The summed E-state index contributed by atoms with van der Waals surface area (Å²) in [5.74, 6) is -1.13. The molecular weight excluding hydrogens is 529 g/mol. The zero-order valence-corrected chi connectivity index (χ0v) is 20.9. The van der Waals surface area contributed by atoms with Gasteiger partial charge in [-0.3, -0.25) is 18.7 Å². The van der Waals surface area contributed by atoms with Crippen LogP contribution in [-0.4, -0.2) is 44.5 Å². The minimum atomic E-state index is -3.17. The first-order valence-corrected chi connectivity index (χ1v) is 13.4. The van der Waals surface area contributed by atoms with Crippen molar-refractivity contribution >= 4 is 50.1 Å². The summed E-state index contributed by atoms with van der Waals surface area (Å²) in [5.41, 5.74) is 4.81. The summed E-state index contributed by atoms with van der Waals surface area (Å²) in [5, 5.41) is 0.830. The van der Waals surface area contributed by atoms with Crippen LogP contribution in [0.15, 0.2) is 58.1 Å². The Hall–Kier alpha value is -3.41. The molecule has 5 rings (SSSR count). The number of fused-ring (bicyclic) bond motifs is 1. The fraction of sp³-hybridized carbons (Fsp3) is 0.217. The Labute approximate surface area is 214 Å². The number of benzene rings is 2. The van der Waals surface area contributed by atoms with E-state index in [4.69, 9.17) is 28.9 Å². The molecule has 0 spiro atoms. The number of aromatic nitrogens is 4. The number of hydrogen-bond donors (Lipinski definition) is 1. The van der Waals surface area contributed by atoms with Gasteiger partial charge in [0.1, 0.15) is 12.4 Å². The molecule has 186 valence electrons. The van der Waals surface area contributed by atoms with E-state index in [1.807, 2.05) is 0 Å². The molecule has 1 fully saturated rings. The van der Waals surface area contributed by atoms with Gasteiger partial charge in [-0.15, -0.1) is 0 Å². The second kappa shape index (κ2) is 8.91.